The standard InChI is InChI=1S/C13H17N3O4/c1-2-9(7-11(17)18)15-13(20)16-10-5-3-4-8(6-10)12(14)19/h3-6,9H,2,7H2,1H3,(H2,14,19)(H,17,18)(H2,15,16,20). The Hall–Kier alpha value is -2.57. The number of rotatable bonds is 6. The summed E-state index contributed by atoms with van der Waals surface area (Å²) in [6, 6.07) is 5.19. The van der Waals surface area contributed by atoms with Crippen molar-refractivity contribution in [3.63, 3.8) is 0 Å². The number of nitrogens with one attached hydrogen (secondary N) is 2. The summed E-state index contributed by atoms with van der Waals surface area (Å²) < 4.78 is 0. The van der Waals surface area contributed by atoms with Gasteiger partial charge < -0.3 is 21.5 Å². The highest BCUT2D eigenvalue weighted by molar-refractivity contribution is 5.96. The molecular weight excluding hydrogens is 262 g/mol. The molecule has 0 radical (unpaired) electrons. The number of urea groups is 1. The number of carbonyl (C=O) groups is 3. The molecule has 1 aromatic carbocycles. The fourth-order valence-corrected chi connectivity index (χ4v) is 1.61. The number of amides is 3. The first-order valence-corrected chi connectivity index (χ1v) is 6.11. The van der Waals surface area contributed by atoms with Gasteiger partial charge in [-0.25, -0.2) is 4.79 Å². The van der Waals surface area contributed by atoms with Gasteiger partial charge >= 0.3 is 12.0 Å². The van der Waals surface area contributed by atoms with Crippen molar-refractivity contribution in [3.05, 3.63) is 29.8 Å². The van der Waals surface area contributed by atoms with Gasteiger partial charge in [-0.05, 0) is 24.6 Å². The molecule has 0 aliphatic heterocycles. The Kier molecular flexibility index (Phi) is 5.52. The van der Waals surface area contributed by atoms with Crippen LogP contribution in [0.5, 0.6) is 0 Å². The van der Waals surface area contributed by atoms with Crippen molar-refractivity contribution >= 4 is 23.6 Å². The second-order valence-electron chi connectivity index (χ2n) is 4.25. The fourth-order valence-electron chi connectivity index (χ4n) is 1.61. The number of carboxylic acids is 1. The number of aliphatic carboxylic acids is 1. The zero-order chi connectivity index (χ0) is 15.1. The molecule has 0 aliphatic rings. The van der Waals surface area contributed by atoms with Crippen LogP contribution >= 0.6 is 0 Å². The minimum absolute atomic E-state index is 0.148. The molecule has 1 atom stereocenters. The zero-order valence-electron chi connectivity index (χ0n) is 11.1. The molecule has 3 amide bonds. The molecule has 1 aromatic rings. The van der Waals surface area contributed by atoms with E-state index >= 15 is 0 Å². The van der Waals surface area contributed by atoms with E-state index in [2.05, 4.69) is 10.6 Å². The molecule has 5 N–H and O–H groups in total. The SMILES string of the molecule is CCC(CC(=O)O)NC(=O)Nc1cccc(C(N)=O)c1. The lowest BCUT2D eigenvalue weighted by molar-refractivity contribution is -0.137. The minimum Gasteiger partial charge on any atom is -0.481 e. The predicted octanol–water partition coefficient (Wildman–Crippen LogP) is 1.16. The number of anilines is 1. The van der Waals surface area contributed by atoms with Gasteiger partial charge in [0.15, 0.2) is 0 Å². The number of carbonyl (C=O) groups excluding carboxylic acids is 2. The van der Waals surface area contributed by atoms with Crippen molar-refractivity contribution < 1.29 is 19.5 Å². The summed E-state index contributed by atoms with van der Waals surface area (Å²) in [6.45, 7) is 1.78. The van der Waals surface area contributed by atoms with Crippen molar-refractivity contribution in [2.45, 2.75) is 25.8 Å². The van der Waals surface area contributed by atoms with Crippen molar-refractivity contribution in [1.82, 2.24) is 5.32 Å². The van der Waals surface area contributed by atoms with Crippen LogP contribution in [-0.4, -0.2) is 29.1 Å². The molecule has 20 heavy (non-hydrogen) atoms. The Bertz CT molecular complexity index is 516. The van der Waals surface area contributed by atoms with Crippen LogP contribution in [0.3, 0.4) is 0 Å². The molecule has 0 fully saturated rings. The van der Waals surface area contributed by atoms with Crippen LogP contribution in [0.25, 0.3) is 0 Å². The van der Waals surface area contributed by atoms with E-state index in [0.717, 1.165) is 0 Å². The first-order valence-electron chi connectivity index (χ1n) is 6.11. The van der Waals surface area contributed by atoms with Gasteiger partial charge in [0.1, 0.15) is 0 Å². The molecule has 1 rings (SSSR count). The number of hydrogen-bond acceptors (Lipinski definition) is 3. The zero-order valence-corrected chi connectivity index (χ0v) is 11.1. The molecule has 7 heteroatoms. The summed E-state index contributed by atoms with van der Waals surface area (Å²) in [6.07, 6.45) is 0.353. The van der Waals surface area contributed by atoms with Crippen LogP contribution in [0.2, 0.25) is 0 Å². The van der Waals surface area contributed by atoms with Gasteiger partial charge in [-0.3, -0.25) is 9.59 Å². The van der Waals surface area contributed by atoms with E-state index in [-0.39, 0.29) is 12.0 Å². The van der Waals surface area contributed by atoms with Crippen LogP contribution < -0.4 is 16.4 Å². The second kappa shape index (κ2) is 7.13. The Morgan fingerprint density at radius 2 is 2.05 bits per heavy atom. The first-order chi connectivity index (χ1) is 9.42. The van der Waals surface area contributed by atoms with Crippen LogP contribution in [0.15, 0.2) is 24.3 Å². The predicted molar refractivity (Wildman–Crippen MR) is 73.4 cm³/mol. The van der Waals surface area contributed by atoms with Gasteiger partial charge in [0.05, 0.1) is 6.42 Å². The number of carboxylic acid groups (broad SMARTS) is 1. The third kappa shape index (κ3) is 4.97. The molecule has 0 bridgehead atoms. The highest BCUT2D eigenvalue weighted by Crippen LogP contribution is 2.10. The van der Waals surface area contributed by atoms with E-state index in [0.29, 0.717) is 12.1 Å². The first kappa shape index (κ1) is 15.5. The maximum absolute atomic E-state index is 11.7. The molecule has 0 spiro atoms. The average Bonchev–Trinajstić information content (AvgIpc) is 2.37. The topological polar surface area (TPSA) is 122 Å². The van der Waals surface area contributed by atoms with Gasteiger partial charge in [-0.15, -0.1) is 0 Å². The van der Waals surface area contributed by atoms with E-state index in [1.807, 2.05) is 0 Å². The van der Waals surface area contributed by atoms with E-state index in [1.54, 1.807) is 19.1 Å². The van der Waals surface area contributed by atoms with E-state index in [9.17, 15) is 14.4 Å². The molecule has 0 saturated carbocycles. The molecule has 108 valence electrons. The smallest absolute Gasteiger partial charge is 0.319 e. The molecule has 0 saturated heterocycles. The van der Waals surface area contributed by atoms with Crippen LogP contribution in [-0.2, 0) is 4.79 Å². The number of benzene rings is 1. The number of nitrogens with two attached hydrogens (primary N) is 1. The maximum atomic E-state index is 11.7. The summed E-state index contributed by atoms with van der Waals surface area (Å²) in [7, 11) is 0. The molecule has 1 unspecified atom stereocenters. The average molecular weight is 279 g/mol. The molecule has 7 nitrogen and oxygen atoms in total. The van der Waals surface area contributed by atoms with Crippen molar-refractivity contribution in [2.24, 2.45) is 5.73 Å². The summed E-state index contributed by atoms with van der Waals surface area (Å²) >= 11 is 0. The van der Waals surface area contributed by atoms with Gasteiger partial charge in [-0.1, -0.05) is 13.0 Å². The number of primary amides is 1. The number of hydrogen-bond donors (Lipinski definition) is 4. The van der Waals surface area contributed by atoms with Gasteiger partial charge in [0.2, 0.25) is 5.91 Å². The third-order valence-corrected chi connectivity index (χ3v) is 2.65. The van der Waals surface area contributed by atoms with Crippen LogP contribution in [0.4, 0.5) is 10.5 Å². The third-order valence-electron chi connectivity index (χ3n) is 2.65. The second-order valence-corrected chi connectivity index (χ2v) is 4.25. The van der Waals surface area contributed by atoms with Gasteiger partial charge in [-0.2, -0.15) is 0 Å². The lowest BCUT2D eigenvalue weighted by Crippen LogP contribution is -2.38. The molecular formula is C13H17N3O4. The summed E-state index contributed by atoms with van der Waals surface area (Å²) in [4.78, 5) is 33.3. The van der Waals surface area contributed by atoms with Crippen LogP contribution in [0.1, 0.15) is 30.1 Å². The normalized spacial score (nSPS) is 11.4. The monoisotopic (exact) mass is 279 g/mol. The minimum atomic E-state index is -0.979. The fraction of sp³-hybridized carbons (Fsp3) is 0.308. The maximum Gasteiger partial charge on any atom is 0.319 e. The molecule has 0 aliphatic carbocycles. The van der Waals surface area contributed by atoms with E-state index in [1.165, 1.54) is 12.1 Å². The quantitative estimate of drug-likeness (QED) is 0.624. The summed E-state index contributed by atoms with van der Waals surface area (Å²) in [5.41, 5.74) is 5.82. The Morgan fingerprint density at radius 1 is 1.35 bits per heavy atom. The Labute approximate surface area is 116 Å². The largest absolute Gasteiger partial charge is 0.481 e. The Morgan fingerprint density at radius 3 is 2.60 bits per heavy atom. The van der Waals surface area contributed by atoms with Crippen LogP contribution in [0, 0.1) is 0 Å². The van der Waals surface area contributed by atoms with E-state index in [4.69, 9.17) is 10.8 Å². The molecule has 0 aromatic heterocycles. The summed E-state index contributed by atoms with van der Waals surface area (Å²) in [5, 5.41) is 13.8. The highest BCUT2D eigenvalue weighted by Gasteiger charge is 2.14. The van der Waals surface area contributed by atoms with Crippen molar-refractivity contribution in [3.8, 4) is 0 Å². The molecule has 0 heterocycles. The lowest BCUT2D eigenvalue weighted by Gasteiger charge is -2.15. The van der Waals surface area contributed by atoms with Crippen molar-refractivity contribution in [1.29, 1.82) is 0 Å². The van der Waals surface area contributed by atoms with E-state index < -0.39 is 23.9 Å². The van der Waals surface area contributed by atoms with Gasteiger partial charge in [0, 0.05) is 17.3 Å². The van der Waals surface area contributed by atoms with Crippen molar-refractivity contribution in [2.75, 3.05) is 5.32 Å². The van der Waals surface area contributed by atoms with Gasteiger partial charge in [0.25, 0.3) is 0 Å². The Balaban J connectivity index is 2.63. The highest BCUT2D eigenvalue weighted by atomic mass is 16.4. The lowest BCUT2D eigenvalue weighted by atomic mass is 10.1. The summed E-state index contributed by atoms with van der Waals surface area (Å²) in [5.74, 6) is -1.57.